The molecule has 35 heavy (non-hydrogen) atoms. The summed E-state index contributed by atoms with van der Waals surface area (Å²) < 4.78 is 15.9. The van der Waals surface area contributed by atoms with Gasteiger partial charge in [-0.05, 0) is 47.6 Å². The molecule has 0 atom stereocenters. The van der Waals surface area contributed by atoms with Crippen LogP contribution >= 0.6 is 11.6 Å². The number of hydrogen-bond acceptors (Lipinski definition) is 9. The molecule has 1 aliphatic rings. The Bertz CT molecular complexity index is 1040. The average molecular weight is 509 g/mol. The van der Waals surface area contributed by atoms with E-state index in [2.05, 4.69) is 20.4 Å². The number of nitrogens with zero attached hydrogens (tertiary/aromatic N) is 5. The Kier molecular flexibility index (Phi) is 8.09. The van der Waals surface area contributed by atoms with Crippen molar-refractivity contribution in [1.29, 1.82) is 0 Å². The van der Waals surface area contributed by atoms with Crippen LogP contribution in [0.15, 0.2) is 16.8 Å². The first-order chi connectivity index (χ1) is 16.3. The Hall–Kier alpha value is -3.08. The Morgan fingerprint density at radius 1 is 1.09 bits per heavy atom. The second-order valence-corrected chi connectivity index (χ2v) is 10.6. The standard InChI is InChI=1S/C23H33ClN6O5/c1-22(2,3)33-20(31)25-8-7-17-27-18(28-35-17)15-13-16(24)19(26-14-15)29-9-11-30(12-10-29)21(32)34-23(4,5)6/h13-14H,7-12H2,1-6H3,(H,25,31). The number of pyridine rings is 1. The molecule has 2 aromatic rings. The first-order valence-corrected chi connectivity index (χ1v) is 11.9. The molecule has 0 aliphatic carbocycles. The number of piperazine rings is 1. The Balaban J connectivity index is 1.54. The van der Waals surface area contributed by atoms with Gasteiger partial charge < -0.3 is 29.1 Å². The third kappa shape index (κ3) is 7.98. The van der Waals surface area contributed by atoms with Gasteiger partial charge in [0, 0.05) is 50.9 Å². The minimum Gasteiger partial charge on any atom is -0.444 e. The predicted octanol–water partition coefficient (Wildman–Crippen LogP) is 3.91. The van der Waals surface area contributed by atoms with Gasteiger partial charge in [-0.2, -0.15) is 4.98 Å². The summed E-state index contributed by atoms with van der Waals surface area (Å²) in [5, 5.41) is 7.09. The van der Waals surface area contributed by atoms with E-state index in [9.17, 15) is 9.59 Å². The topological polar surface area (TPSA) is 123 Å². The molecule has 0 saturated carbocycles. The fourth-order valence-corrected chi connectivity index (χ4v) is 3.56. The van der Waals surface area contributed by atoms with Crippen LogP contribution in [0.1, 0.15) is 47.4 Å². The summed E-state index contributed by atoms with van der Waals surface area (Å²) in [5.74, 6) is 1.35. The molecular formula is C23H33ClN6O5. The van der Waals surface area contributed by atoms with Crippen LogP contribution < -0.4 is 10.2 Å². The maximum absolute atomic E-state index is 12.3. The van der Waals surface area contributed by atoms with Crippen molar-refractivity contribution in [3.63, 3.8) is 0 Å². The van der Waals surface area contributed by atoms with Crippen molar-refractivity contribution in [2.45, 2.75) is 59.2 Å². The van der Waals surface area contributed by atoms with Gasteiger partial charge in [-0.15, -0.1) is 0 Å². The highest BCUT2D eigenvalue weighted by atomic mass is 35.5. The van der Waals surface area contributed by atoms with Crippen LogP contribution in [-0.4, -0.2) is 76.1 Å². The van der Waals surface area contributed by atoms with Gasteiger partial charge in [-0.3, -0.25) is 0 Å². The molecule has 0 spiro atoms. The zero-order valence-corrected chi connectivity index (χ0v) is 21.8. The first-order valence-electron chi connectivity index (χ1n) is 11.5. The lowest BCUT2D eigenvalue weighted by atomic mass is 10.2. The molecule has 0 aromatic carbocycles. The molecule has 1 N–H and O–H groups in total. The molecule has 3 rings (SSSR count). The number of alkyl carbamates (subject to hydrolysis) is 1. The maximum Gasteiger partial charge on any atom is 0.410 e. The van der Waals surface area contributed by atoms with Crippen molar-refractivity contribution in [2.24, 2.45) is 0 Å². The Labute approximate surface area is 210 Å². The third-order valence-electron chi connectivity index (χ3n) is 4.79. The average Bonchev–Trinajstić information content (AvgIpc) is 3.20. The lowest BCUT2D eigenvalue weighted by molar-refractivity contribution is 0.0240. The van der Waals surface area contributed by atoms with Crippen LogP contribution in [0.5, 0.6) is 0 Å². The smallest absolute Gasteiger partial charge is 0.410 e. The van der Waals surface area contributed by atoms with Crippen molar-refractivity contribution >= 4 is 29.6 Å². The molecule has 12 heteroatoms. The molecule has 2 amide bonds. The van der Waals surface area contributed by atoms with E-state index in [1.165, 1.54) is 0 Å². The number of rotatable bonds is 5. The molecule has 1 fully saturated rings. The summed E-state index contributed by atoms with van der Waals surface area (Å²) in [6.07, 6.45) is 1.17. The lowest BCUT2D eigenvalue weighted by Gasteiger charge is -2.36. The van der Waals surface area contributed by atoms with Crippen molar-refractivity contribution in [1.82, 2.24) is 25.3 Å². The molecule has 2 aromatic heterocycles. The number of nitrogens with one attached hydrogen (secondary N) is 1. The number of amides is 2. The monoisotopic (exact) mass is 508 g/mol. The minimum atomic E-state index is -0.564. The first kappa shape index (κ1) is 26.5. The third-order valence-corrected chi connectivity index (χ3v) is 5.06. The Morgan fingerprint density at radius 2 is 1.74 bits per heavy atom. The normalized spacial score (nSPS) is 14.6. The molecule has 3 heterocycles. The zero-order valence-electron chi connectivity index (χ0n) is 21.1. The summed E-state index contributed by atoms with van der Waals surface area (Å²) >= 11 is 6.52. The second kappa shape index (κ2) is 10.7. The number of aromatic nitrogens is 3. The quantitative estimate of drug-likeness (QED) is 0.640. The van der Waals surface area contributed by atoms with Gasteiger partial charge in [0.15, 0.2) is 0 Å². The molecule has 192 valence electrons. The van der Waals surface area contributed by atoms with Crippen molar-refractivity contribution < 1.29 is 23.6 Å². The van der Waals surface area contributed by atoms with E-state index in [0.717, 1.165) is 0 Å². The van der Waals surface area contributed by atoms with Crippen molar-refractivity contribution in [2.75, 3.05) is 37.6 Å². The fraction of sp³-hybridized carbons (Fsp3) is 0.609. The van der Waals surface area contributed by atoms with Gasteiger partial charge in [-0.25, -0.2) is 14.6 Å². The molecule has 0 bridgehead atoms. The molecule has 0 unspecified atom stereocenters. The molecule has 1 aliphatic heterocycles. The summed E-state index contributed by atoms with van der Waals surface area (Å²) in [6, 6.07) is 1.73. The fourth-order valence-electron chi connectivity index (χ4n) is 3.27. The van der Waals surface area contributed by atoms with Gasteiger partial charge in [-0.1, -0.05) is 16.8 Å². The van der Waals surface area contributed by atoms with Crippen LogP contribution in [0.3, 0.4) is 0 Å². The molecule has 11 nitrogen and oxygen atoms in total. The second-order valence-electron chi connectivity index (χ2n) is 10.2. The summed E-state index contributed by atoms with van der Waals surface area (Å²) in [7, 11) is 0. The van der Waals surface area contributed by atoms with E-state index in [1.54, 1.807) is 37.9 Å². The zero-order chi connectivity index (χ0) is 25.8. The lowest BCUT2D eigenvalue weighted by Crippen LogP contribution is -2.50. The summed E-state index contributed by atoms with van der Waals surface area (Å²) in [5.41, 5.74) is -0.481. The van der Waals surface area contributed by atoms with E-state index in [-0.39, 0.29) is 6.09 Å². The highest BCUT2D eigenvalue weighted by molar-refractivity contribution is 6.33. The van der Waals surface area contributed by atoms with Gasteiger partial charge in [0.05, 0.1) is 5.02 Å². The highest BCUT2D eigenvalue weighted by Gasteiger charge is 2.27. The van der Waals surface area contributed by atoms with Gasteiger partial charge >= 0.3 is 12.2 Å². The van der Waals surface area contributed by atoms with E-state index in [4.69, 9.17) is 25.6 Å². The SMILES string of the molecule is CC(C)(C)OC(=O)NCCc1nc(-c2cnc(N3CCN(C(=O)OC(C)(C)C)CC3)c(Cl)c2)no1. The van der Waals surface area contributed by atoms with Crippen molar-refractivity contribution in [3.8, 4) is 11.4 Å². The van der Waals surface area contributed by atoms with Crippen LogP contribution in [0.2, 0.25) is 5.02 Å². The minimum absolute atomic E-state index is 0.295. The van der Waals surface area contributed by atoms with Crippen LogP contribution in [0.25, 0.3) is 11.4 Å². The van der Waals surface area contributed by atoms with Crippen LogP contribution in [0, 0.1) is 0 Å². The number of ether oxygens (including phenoxy) is 2. The van der Waals surface area contributed by atoms with E-state index in [1.807, 2.05) is 25.7 Å². The van der Waals surface area contributed by atoms with Crippen molar-refractivity contribution in [3.05, 3.63) is 23.2 Å². The van der Waals surface area contributed by atoms with E-state index < -0.39 is 17.3 Å². The van der Waals surface area contributed by atoms with Gasteiger partial charge in [0.25, 0.3) is 0 Å². The van der Waals surface area contributed by atoms with Gasteiger partial charge in [0.2, 0.25) is 11.7 Å². The number of carbonyl (C=O) groups excluding carboxylic acids is 2. The number of hydrogen-bond donors (Lipinski definition) is 1. The largest absolute Gasteiger partial charge is 0.444 e. The summed E-state index contributed by atoms with van der Waals surface area (Å²) in [4.78, 5) is 36.6. The number of carbonyl (C=O) groups is 2. The number of halogens is 1. The highest BCUT2D eigenvalue weighted by Crippen LogP contribution is 2.28. The van der Waals surface area contributed by atoms with E-state index in [0.29, 0.717) is 67.3 Å². The van der Waals surface area contributed by atoms with Gasteiger partial charge in [0.1, 0.15) is 17.0 Å². The van der Waals surface area contributed by atoms with Crippen LogP contribution in [-0.2, 0) is 15.9 Å². The Morgan fingerprint density at radius 3 is 2.34 bits per heavy atom. The summed E-state index contributed by atoms with van der Waals surface area (Å²) in [6.45, 7) is 13.4. The molecule has 1 saturated heterocycles. The van der Waals surface area contributed by atoms with E-state index >= 15 is 0 Å². The maximum atomic E-state index is 12.3. The molecule has 0 radical (unpaired) electrons. The van der Waals surface area contributed by atoms with Crippen LogP contribution in [0.4, 0.5) is 15.4 Å². The molecular weight excluding hydrogens is 476 g/mol. The number of anilines is 1. The predicted molar refractivity (Wildman–Crippen MR) is 130 cm³/mol.